The SMILES string of the molecule is COc1cncc(-c2cc3c(-c4nc5nccc(-c6ccc(C(C)=O)s6)c5[nH]4)n[nH]c3cn2)c1. The van der Waals surface area contributed by atoms with Crippen LogP contribution >= 0.6 is 11.3 Å². The topological polar surface area (TPSA) is 122 Å². The van der Waals surface area contributed by atoms with Crippen molar-refractivity contribution in [3.63, 3.8) is 0 Å². The fourth-order valence-corrected chi connectivity index (χ4v) is 4.76. The number of carbonyl (C=O) groups excluding carboxylic acids is 1. The van der Waals surface area contributed by atoms with Gasteiger partial charge >= 0.3 is 0 Å². The molecule has 0 bridgehead atoms. The summed E-state index contributed by atoms with van der Waals surface area (Å²) in [6.07, 6.45) is 6.85. The molecular weight excluding hydrogens is 450 g/mol. The van der Waals surface area contributed by atoms with E-state index in [1.807, 2.05) is 30.3 Å². The number of hydrogen-bond donors (Lipinski definition) is 2. The second kappa shape index (κ2) is 7.85. The number of nitrogens with zero attached hydrogens (tertiary/aromatic N) is 5. The van der Waals surface area contributed by atoms with Crippen LogP contribution in [0.2, 0.25) is 0 Å². The number of carbonyl (C=O) groups is 1. The Labute approximate surface area is 196 Å². The zero-order valence-corrected chi connectivity index (χ0v) is 19.0. The number of pyridine rings is 3. The van der Waals surface area contributed by atoms with E-state index in [4.69, 9.17) is 9.72 Å². The van der Waals surface area contributed by atoms with Gasteiger partial charge in [0.25, 0.3) is 0 Å². The molecule has 6 rings (SSSR count). The molecule has 9 nitrogen and oxygen atoms in total. The molecule has 0 aliphatic rings. The van der Waals surface area contributed by atoms with Gasteiger partial charge in [-0.15, -0.1) is 11.3 Å². The number of hydrogen-bond acceptors (Lipinski definition) is 8. The first kappa shape index (κ1) is 20.2. The molecule has 166 valence electrons. The summed E-state index contributed by atoms with van der Waals surface area (Å²) in [7, 11) is 1.60. The van der Waals surface area contributed by atoms with Gasteiger partial charge in [-0.05, 0) is 37.3 Å². The number of rotatable bonds is 5. The Morgan fingerprint density at radius 2 is 2.00 bits per heavy atom. The molecule has 0 saturated heterocycles. The van der Waals surface area contributed by atoms with Crippen molar-refractivity contribution in [2.75, 3.05) is 7.11 Å². The van der Waals surface area contributed by atoms with E-state index in [1.165, 1.54) is 11.3 Å². The molecule has 0 fully saturated rings. The van der Waals surface area contributed by atoms with Crippen LogP contribution in [-0.2, 0) is 0 Å². The highest BCUT2D eigenvalue weighted by molar-refractivity contribution is 7.17. The van der Waals surface area contributed by atoms with Crippen molar-refractivity contribution in [2.24, 2.45) is 0 Å². The number of nitrogens with one attached hydrogen (secondary N) is 2. The van der Waals surface area contributed by atoms with Crippen LogP contribution in [-0.4, -0.2) is 48.0 Å². The molecule has 0 unspecified atom stereocenters. The molecule has 0 atom stereocenters. The fourth-order valence-electron chi connectivity index (χ4n) is 3.83. The van der Waals surface area contributed by atoms with Gasteiger partial charge in [0.1, 0.15) is 11.4 Å². The lowest BCUT2D eigenvalue weighted by Crippen LogP contribution is -1.89. The smallest absolute Gasteiger partial charge is 0.178 e. The Kier molecular flexibility index (Phi) is 4.66. The lowest BCUT2D eigenvalue weighted by atomic mass is 10.1. The van der Waals surface area contributed by atoms with Gasteiger partial charge in [-0.25, -0.2) is 9.97 Å². The van der Waals surface area contributed by atoms with Crippen molar-refractivity contribution < 1.29 is 9.53 Å². The van der Waals surface area contributed by atoms with Gasteiger partial charge in [0.05, 0.1) is 41.1 Å². The van der Waals surface area contributed by atoms with Crippen LogP contribution in [0.25, 0.3) is 55.3 Å². The molecule has 0 aliphatic heterocycles. The van der Waals surface area contributed by atoms with Gasteiger partial charge in [-0.2, -0.15) is 5.10 Å². The van der Waals surface area contributed by atoms with E-state index < -0.39 is 0 Å². The summed E-state index contributed by atoms with van der Waals surface area (Å²) in [5.41, 5.74) is 5.32. The number of imidazole rings is 1. The predicted molar refractivity (Wildman–Crippen MR) is 130 cm³/mol. The molecule has 34 heavy (non-hydrogen) atoms. The van der Waals surface area contributed by atoms with Gasteiger partial charge in [0.15, 0.2) is 17.3 Å². The highest BCUT2D eigenvalue weighted by atomic mass is 32.1. The fraction of sp³-hybridized carbons (Fsp3) is 0.0833. The monoisotopic (exact) mass is 467 g/mol. The first-order valence-electron chi connectivity index (χ1n) is 10.4. The van der Waals surface area contributed by atoms with Crippen LogP contribution < -0.4 is 4.74 Å². The zero-order chi connectivity index (χ0) is 23.2. The number of ketones is 1. The third-order valence-corrected chi connectivity index (χ3v) is 6.75. The largest absolute Gasteiger partial charge is 0.495 e. The van der Waals surface area contributed by atoms with E-state index in [2.05, 4.69) is 30.1 Å². The molecule has 6 aromatic heterocycles. The highest BCUT2D eigenvalue weighted by Crippen LogP contribution is 2.35. The van der Waals surface area contributed by atoms with Crippen LogP contribution in [0.3, 0.4) is 0 Å². The maximum atomic E-state index is 11.8. The Hall–Kier alpha value is -4.44. The standard InChI is InChI=1S/C24H17N7O2S/c1-12(32)19-3-4-20(34-19)15-5-6-26-23-21(15)28-24(29-23)22-16-8-17(27-11-18(16)30-31-22)13-7-14(33-2)10-25-9-13/h3-11H,1-2H3,(H,30,31)(H,26,28,29). The Morgan fingerprint density at radius 3 is 2.82 bits per heavy atom. The van der Waals surface area contributed by atoms with Crippen molar-refractivity contribution in [2.45, 2.75) is 6.92 Å². The van der Waals surface area contributed by atoms with E-state index in [-0.39, 0.29) is 5.78 Å². The average Bonchev–Trinajstić information content (AvgIpc) is 3.61. The minimum Gasteiger partial charge on any atom is -0.495 e. The number of H-pyrrole nitrogens is 2. The lowest BCUT2D eigenvalue weighted by Gasteiger charge is -2.03. The van der Waals surface area contributed by atoms with Crippen LogP contribution in [0.1, 0.15) is 16.6 Å². The number of methoxy groups -OCH3 is 1. The number of fused-ring (bicyclic) bond motifs is 2. The van der Waals surface area contributed by atoms with Crippen molar-refractivity contribution >= 4 is 39.2 Å². The molecule has 0 spiro atoms. The Bertz CT molecular complexity index is 1700. The quantitative estimate of drug-likeness (QED) is 0.346. The molecule has 6 aromatic rings. The Balaban J connectivity index is 1.47. The summed E-state index contributed by atoms with van der Waals surface area (Å²) in [6, 6.07) is 9.54. The summed E-state index contributed by atoms with van der Waals surface area (Å²) in [5, 5.41) is 8.38. The zero-order valence-electron chi connectivity index (χ0n) is 18.2. The number of aromatic nitrogens is 7. The number of Topliss-reactive ketones (excluding diaryl/α,β-unsaturated/α-hetero) is 1. The lowest BCUT2D eigenvalue weighted by molar-refractivity contribution is 0.102. The summed E-state index contributed by atoms with van der Waals surface area (Å²) in [5.74, 6) is 1.29. The maximum Gasteiger partial charge on any atom is 0.178 e. The first-order chi connectivity index (χ1) is 16.6. The summed E-state index contributed by atoms with van der Waals surface area (Å²) >= 11 is 1.45. The number of ether oxygens (including phenoxy) is 1. The van der Waals surface area contributed by atoms with Gasteiger partial charge in [-0.1, -0.05) is 0 Å². The molecule has 6 heterocycles. The molecule has 0 radical (unpaired) electrons. The number of aromatic amines is 2. The van der Waals surface area contributed by atoms with E-state index >= 15 is 0 Å². The number of thiophene rings is 1. The van der Waals surface area contributed by atoms with Crippen molar-refractivity contribution in [1.29, 1.82) is 0 Å². The predicted octanol–water partition coefficient (Wildman–Crippen LogP) is 4.90. The highest BCUT2D eigenvalue weighted by Gasteiger charge is 2.18. The second-order valence-electron chi connectivity index (χ2n) is 7.66. The van der Waals surface area contributed by atoms with Gasteiger partial charge in [-0.3, -0.25) is 19.9 Å². The van der Waals surface area contributed by atoms with Gasteiger partial charge in [0.2, 0.25) is 0 Å². The van der Waals surface area contributed by atoms with E-state index in [0.717, 1.165) is 38.1 Å². The molecule has 0 aliphatic carbocycles. The van der Waals surface area contributed by atoms with E-state index in [0.29, 0.717) is 27.8 Å². The van der Waals surface area contributed by atoms with Gasteiger partial charge in [0, 0.05) is 33.8 Å². The molecule has 0 aromatic carbocycles. The third-order valence-electron chi connectivity index (χ3n) is 5.53. The normalized spacial score (nSPS) is 11.4. The molecule has 0 saturated carbocycles. The van der Waals surface area contributed by atoms with Crippen LogP contribution in [0.4, 0.5) is 0 Å². The van der Waals surface area contributed by atoms with Crippen molar-refractivity contribution in [1.82, 2.24) is 35.1 Å². The van der Waals surface area contributed by atoms with Crippen LogP contribution in [0.5, 0.6) is 5.75 Å². The van der Waals surface area contributed by atoms with Crippen molar-refractivity contribution in [3.8, 4) is 39.0 Å². The van der Waals surface area contributed by atoms with Gasteiger partial charge < -0.3 is 9.72 Å². The molecular formula is C24H17N7O2S. The van der Waals surface area contributed by atoms with Crippen molar-refractivity contribution in [3.05, 3.63) is 60.0 Å². The van der Waals surface area contributed by atoms with Crippen LogP contribution in [0.15, 0.2) is 55.1 Å². The van der Waals surface area contributed by atoms with E-state index in [9.17, 15) is 4.79 Å². The van der Waals surface area contributed by atoms with Crippen LogP contribution in [0, 0.1) is 0 Å². The Morgan fingerprint density at radius 1 is 1.09 bits per heavy atom. The van der Waals surface area contributed by atoms with E-state index in [1.54, 1.807) is 38.8 Å². The minimum absolute atomic E-state index is 0.0468. The third kappa shape index (κ3) is 3.32. The summed E-state index contributed by atoms with van der Waals surface area (Å²) < 4.78 is 5.29. The average molecular weight is 468 g/mol. The molecule has 10 heteroatoms. The molecule has 0 amide bonds. The summed E-state index contributed by atoms with van der Waals surface area (Å²) in [4.78, 5) is 34.7. The first-order valence-corrected chi connectivity index (χ1v) is 11.2. The minimum atomic E-state index is 0.0468. The second-order valence-corrected chi connectivity index (χ2v) is 8.75. The maximum absolute atomic E-state index is 11.8. The summed E-state index contributed by atoms with van der Waals surface area (Å²) in [6.45, 7) is 1.57. The molecule has 2 N–H and O–H groups in total.